The van der Waals surface area contributed by atoms with Crippen LogP contribution < -0.4 is 30.7 Å². The van der Waals surface area contributed by atoms with Crippen molar-refractivity contribution in [3.63, 3.8) is 0 Å². The maximum Gasteiger partial charge on any atom is 0.255 e. The van der Waals surface area contributed by atoms with Crippen molar-refractivity contribution in [3.8, 4) is 11.5 Å². The normalized spacial score (nSPS) is 18.9. The predicted octanol–water partition coefficient (Wildman–Crippen LogP) is 4.79. The zero-order valence-electron chi connectivity index (χ0n) is 34.0. The van der Waals surface area contributed by atoms with Gasteiger partial charge in [-0.3, -0.25) is 14.4 Å². The molecule has 0 spiro atoms. The summed E-state index contributed by atoms with van der Waals surface area (Å²) in [5.74, 6) is 1.34. The largest absolute Gasteiger partial charge is 0.490 e. The second-order valence-electron chi connectivity index (χ2n) is 16.2. The van der Waals surface area contributed by atoms with Gasteiger partial charge in [-0.2, -0.15) is 0 Å². The average Bonchev–Trinajstić information content (AvgIpc) is 3.42. The number of anilines is 1. The van der Waals surface area contributed by atoms with Crippen LogP contribution in [0.15, 0.2) is 95.9 Å². The summed E-state index contributed by atoms with van der Waals surface area (Å²) >= 11 is 0. The molecule has 2 heterocycles. The van der Waals surface area contributed by atoms with Gasteiger partial charge in [0.15, 0.2) is 6.29 Å². The number of carbonyl (C=O) groups excluding carboxylic acids is 4. The van der Waals surface area contributed by atoms with Crippen LogP contribution in [0.1, 0.15) is 69.7 Å². The van der Waals surface area contributed by atoms with Gasteiger partial charge >= 0.3 is 0 Å². The third kappa shape index (κ3) is 10.2. The second kappa shape index (κ2) is 18.6. The zero-order chi connectivity index (χ0) is 41.3. The monoisotopic (exact) mass is 789 g/mol. The Morgan fingerprint density at radius 1 is 1.02 bits per heavy atom. The molecule has 2 amide bonds. The van der Waals surface area contributed by atoms with Crippen LogP contribution in [0.2, 0.25) is 0 Å². The highest BCUT2D eigenvalue weighted by molar-refractivity contribution is 6.06. The number of allylic oxidation sites excluding steroid dienone is 3. The Labute approximate surface area is 340 Å². The maximum atomic E-state index is 13.6. The van der Waals surface area contributed by atoms with E-state index >= 15 is 0 Å². The molecule has 1 unspecified atom stereocenters. The molecule has 0 bridgehead atoms. The lowest BCUT2D eigenvalue weighted by Gasteiger charge is -2.39. The number of hydrogen-bond acceptors (Lipinski definition) is 11. The minimum Gasteiger partial charge on any atom is -0.490 e. The third-order valence-corrected chi connectivity index (χ3v) is 11.3. The molecular formula is C45H55N7O6. The number of aldehydes is 2. The van der Waals surface area contributed by atoms with Crippen LogP contribution in [-0.2, 0) is 31.2 Å². The lowest BCUT2D eigenvalue weighted by atomic mass is 9.78. The van der Waals surface area contributed by atoms with Crippen molar-refractivity contribution in [2.24, 2.45) is 5.41 Å². The van der Waals surface area contributed by atoms with Crippen LogP contribution in [0.3, 0.4) is 0 Å². The van der Waals surface area contributed by atoms with Crippen LogP contribution in [0.4, 0.5) is 5.95 Å². The van der Waals surface area contributed by atoms with E-state index in [0.29, 0.717) is 25.3 Å². The predicted molar refractivity (Wildman–Crippen MR) is 222 cm³/mol. The Balaban J connectivity index is 0.986. The Morgan fingerprint density at radius 2 is 1.71 bits per heavy atom. The number of aromatic nitrogens is 2. The number of benzene rings is 2. The van der Waals surface area contributed by atoms with Gasteiger partial charge in [-0.15, -0.1) is 0 Å². The fourth-order valence-corrected chi connectivity index (χ4v) is 7.32. The van der Waals surface area contributed by atoms with Gasteiger partial charge in [0.05, 0.1) is 11.3 Å². The van der Waals surface area contributed by atoms with Crippen LogP contribution in [-0.4, -0.2) is 91.2 Å². The Bertz CT molecular complexity index is 2030. The number of hydrogen-bond donors (Lipinski definition) is 4. The van der Waals surface area contributed by atoms with Gasteiger partial charge < -0.3 is 40.4 Å². The SMILES string of the molecule is CNC(=O)C(CCC=O)N(C)C(=O)C1=CC(NC2CC(Oc3ccc(C(C)(C)c4ccc(OCc5ccnc(NCC6(C)CNC6)n5)cc4)cc3)C2)=CCC=C1C=O. The van der Waals surface area contributed by atoms with Crippen molar-refractivity contribution in [1.82, 2.24) is 30.8 Å². The first-order chi connectivity index (χ1) is 27.9. The minimum atomic E-state index is -0.848. The van der Waals surface area contributed by atoms with Crippen LogP contribution in [0, 0.1) is 5.41 Å². The third-order valence-electron chi connectivity index (χ3n) is 11.3. The molecule has 13 heteroatoms. The fourth-order valence-electron chi connectivity index (χ4n) is 7.32. The van der Waals surface area contributed by atoms with Crippen molar-refractivity contribution >= 4 is 30.3 Å². The van der Waals surface area contributed by atoms with E-state index < -0.39 is 11.9 Å². The van der Waals surface area contributed by atoms with E-state index in [4.69, 9.17) is 9.47 Å². The maximum absolute atomic E-state index is 13.6. The average molecular weight is 790 g/mol. The molecule has 306 valence electrons. The molecule has 4 N–H and O–H groups in total. The first kappa shape index (κ1) is 41.8. The molecule has 2 fully saturated rings. The molecule has 3 aliphatic rings. The van der Waals surface area contributed by atoms with Crippen molar-refractivity contribution < 1.29 is 28.7 Å². The topological polar surface area (TPSA) is 164 Å². The van der Waals surface area contributed by atoms with Gasteiger partial charge in [0.2, 0.25) is 11.9 Å². The van der Waals surface area contributed by atoms with Crippen molar-refractivity contribution in [2.75, 3.05) is 39.0 Å². The summed E-state index contributed by atoms with van der Waals surface area (Å²) in [6, 6.07) is 17.6. The number of carbonyl (C=O) groups is 4. The van der Waals surface area contributed by atoms with Gasteiger partial charge in [-0.05, 0) is 60.4 Å². The van der Waals surface area contributed by atoms with Gasteiger partial charge in [-0.25, -0.2) is 9.97 Å². The molecule has 58 heavy (non-hydrogen) atoms. The van der Waals surface area contributed by atoms with Crippen molar-refractivity contribution in [2.45, 2.75) is 83.1 Å². The molecule has 3 aromatic rings. The van der Waals surface area contributed by atoms with Crippen molar-refractivity contribution in [3.05, 3.63) is 113 Å². The van der Waals surface area contributed by atoms with E-state index in [2.05, 4.69) is 76.3 Å². The molecule has 6 rings (SSSR count). The van der Waals surface area contributed by atoms with E-state index in [1.165, 1.54) is 19.0 Å². The number of rotatable bonds is 19. The zero-order valence-corrected chi connectivity index (χ0v) is 34.0. The highest BCUT2D eigenvalue weighted by Crippen LogP contribution is 2.35. The van der Waals surface area contributed by atoms with E-state index in [1.54, 1.807) is 18.3 Å². The van der Waals surface area contributed by atoms with Crippen LogP contribution in [0.25, 0.3) is 0 Å². The molecule has 13 nitrogen and oxygen atoms in total. The van der Waals surface area contributed by atoms with Crippen LogP contribution >= 0.6 is 0 Å². The quantitative estimate of drug-likeness (QED) is 0.124. The van der Waals surface area contributed by atoms with Crippen LogP contribution in [0.5, 0.6) is 11.5 Å². The second-order valence-corrected chi connectivity index (χ2v) is 16.2. The Morgan fingerprint density at radius 3 is 2.33 bits per heavy atom. The number of amides is 2. The summed E-state index contributed by atoms with van der Waals surface area (Å²) in [5.41, 5.74) is 4.28. The number of nitrogens with zero attached hydrogens (tertiary/aromatic N) is 3. The van der Waals surface area contributed by atoms with Gasteiger partial charge in [0, 0.05) is 87.3 Å². The van der Waals surface area contributed by atoms with Gasteiger partial charge in [0.1, 0.15) is 36.5 Å². The molecule has 1 saturated carbocycles. The minimum absolute atomic E-state index is 0.0276. The lowest BCUT2D eigenvalue weighted by molar-refractivity contribution is -0.136. The molecule has 2 aliphatic carbocycles. The standard InChI is InChI=1S/C45H55N7O6/c1-44(2,31-11-15-36(16-12-31)57-26-34-19-20-48-43(51-34)49-29-45(3)27-47-28-45)32-13-17-37(18-14-32)58-38-22-35(23-38)50-33-9-6-8-30(25-54)39(24-33)42(56)52(5)40(10-7-21-53)41(55)46-4/h8-9,11-21,24-25,35,38,40,47,50H,6-7,10,22-23,26-29H2,1-5H3,(H,46,55)(H,48,49,51). The molecular weight excluding hydrogens is 735 g/mol. The molecule has 1 saturated heterocycles. The van der Waals surface area contributed by atoms with E-state index in [-0.39, 0.29) is 52.9 Å². The number of nitrogens with one attached hydrogen (secondary N) is 4. The Hall–Kier alpha value is -5.82. The van der Waals surface area contributed by atoms with Gasteiger partial charge in [0.25, 0.3) is 5.91 Å². The highest BCUT2D eigenvalue weighted by atomic mass is 16.5. The van der Waals surface area contributed by atoms with E-state index in [0.717, 1.165) is 72.8 Å². The van der Waals surface area contributed by atoms with E-state index in [1.807, 2.05) is 36.4 Å². The molecule has 1 aliphatic heterocycles. The van der Waals surface area contributed by atoms with Crippen molar-refractivity contribution in [1.29, 1.82) is 0 Å². The summed E-state index contributed by atoms with van der Waals surface area (Å²) in [6.07, 6.45) is 10.8. The summed E-state index contributed by atoms with van der Waals surface area (Å²) in [5, 5.41) is 12.7. The number of ether oxygens (including phenoxy) is 2. The first-order valence-electron chi connectivity index (χ1n) is 19.9. The summed E-state index contributed by atoms with van der Waals surface area (Å²) < 4.78 is 12.4. The molecule has 2 aromatic carbocycles. The van der Waals surface area contributed by atoms with E-state index in [9.17, 15) is 19.2 Å². The summed E-state index contributed by atoms with van der Waals surface area (Å²) in [6.45, 7) is 9.79. The highest BCUT2D eigenvalue weighted by Gasteiger charge is 2.34. The molecule has 1 atom stereocenters. The number of likely N-dealkylation sites (N-methyl/N-ethyl adjacent to an activating group) is 2. The first-order valence-corrected chi connectivity index (χ1v) is 19.9. The molecule has 0 radical (unpaired) electrons. The lowest BCUT2D eigenvalue weighted by Crippen LogP contribution is -2.55. The van der Waals surface area contributed by atoms with Gasteiger partial charge in [-0.1, -0.05) is 57.2 Å². The smallest absolute Gasteiger partial charge is 0.255 e. The summed E-state index contributed by atoms with van der Waals surface area (Å²) in [7, 11) is 3.00. The fraction of sp³-hybridized carbons (Fsp3) is 0.422. The summed E-state index contributed by atoms with van der Waals surface area (Å²) in [4.78, 5) is 59.4. The Kier molecular flexibility index (Phi) is 13.4. The molecule has 1 aromatic heterocycles.